The molecule has 0 spiro atoms. The van der Waals surface area contributed by atoms with Gasteiger partial charge in [-0.15, -0.1) is 11.8 Å². The molecule has 0 bridgehead atoms. The highest BCUT2D eigenvalue weighted by Gasteiger charge is 2.60. The Morgan fingerprint density at radius 3 is 2.56 bits per heavy atom. The second-order valence-electron chi connectivity index (χ2n) is 8.48. The largest absolute Gasteiger partial charge is 0.481 e. The van der Waals surface area contributed by atoms with Crippen molar-refractivity contribution in [3.05, 3.63) is 10.6 Å². The van der Waals surface area contributed by atoms with Crippen LogP contribution in [0.4, 0.5) is 0 Å². The summed E-state index contributed by atoms with van der Waals surface area (Å²) in [5.74, 6) is -2.88. The van der Waals surface area contributed by atoms with Gasteiger partial charge in [-0.05, 0) is 13.3 Å². The minimum Gasteiger partial charge on any atom is -0.481 e. The van der Waals surface area contributed by atoms with E-state index in [2.05, 4.69) is 5.32 Å². The van der Waals surface area contributed by atoms with Crippen LogP contribution in [0.25, 0.3) is 0 Å². The Labute approximate surface area is 190 Å². The molecule has 0 aliphatic carbocycles. The van der Waals surface area contributed by atoms with Crippen LogP contribution >= 0.6 is 11.8 Å². The number of nitrogens with zero attached hydrogens (tertiary/aromatic N) is 1. The van der Waals surface area contributed by atoms with Crippen LogP contribution in [0.2, 0.25) is 0 Å². The number of aliphatic carboxylic acids is 2. The summed E-state index contributed by atoms with van der Waals surface area (Å²) in [5.41, 5.74) is 5.70. The number of aliphatic hydroxyl groups excluding tert-OH is 1. The van der Waals surface area contributed by atoms with Crippen molar-refractivity contribution in [1.82, 2.24) is 10.2 Å². The molecular formula is C20H31N3O8S. The van der Waals surface area contributed by atoms with Gasteiger partial charge in [0.05, 0.1) is 36.8 Å². The van der Waals surface area contributed by atoms with Crippen molar-refractivity contribution in [1.29, 1.82) is 0 Å². The summed E-state index contributed by atoms with van der Waals surface area (Å²) < 4.78 is 11.5. The number of aliphatic hydroxyl groups is 1. The van der Waals surface area contributed by atoms with E-state index < -0.39 is 24.0 Å². The van der Waals surface area contributed by atoms with Crippen LogP contribution < -0.4 is 11.1 Å². The first-order valence-corrected chi connectivity index (χ1v) is 11.5. The van der Waals surface area contributed by atoms with Gasteiger partial charge in [-0.2, -0.15) is 0 Å². The molecule has 3 saturated heterocycles. The summed E-state index contributed by atoms with van der Waals surface area (Å²) in [5, 5.41) is 30.6. The third kappa shape index (κ3) is 4.80. The highest BCUT2D eigenvalue weighted by atomic mass is 32.2. The summed E-state index contributed by atoms with van der Waals surface area (Å²) in [6.07, 6.45) is -0.440. The smallest absolute Gasteiger partial charge is 0.353 e. The molecule has 0 saturated carbocycles. The maximum atomic E-state index is 12.4. The first kappa shape index (κ1) is 24.9. The number of thioether (sulfide) groups is 1. The van der Waals surface area contributed by atoms with E-state index in [0.29, 0.717) is 19.7 Å². The molecule has 1 amide bonds. The fourth-order valence-electron chi connectivity index (χ4n) is 4.69. The fourth-order valence-corrected chi connectivity index (χ4v) is 6.19. The number of hydrogen-bond donors (Lipinski definition) is 5. The van der Waals surface area contributed by atoms with Crippen LogP contribution in [0, 0.1) is 11.8 Å². The second kappa shape index (κ2) is 10.1. The monoisotopic (exact) mass is 473 g/mol. The summed E-state index contributed by atoms with van der Waals surface area (Å²) in [6, 6.07) is -0.249. The Bertz CT molecular complexity index is 787. The van der Waals surface area contributed by atoms with Crippen molar-refractivity contribution in [3.63, 3.8) is 0 Å². The molecule has 32 heavy (non-hydrogen) atoms. The number of nitrogens with two attached hydrogens (primary N) is 1. The number of nitrogens with one attached hydrogen (secondary N) is 1. The number of rotatable bonds is 6. The van der Waals surface area contributed by atoms with Crippen molar-refractivity contribution in [2.24, 2.45) is 17.6 Å². The van der Waals surface area contributed by atoms with Gasteiger partial charge in [0.1, 0.15) is 5.70 Å². The lowest BCUT2D eigenvalue weighted by atomic mass is 9.79. The van der Waals surface area contributed by atoms with E-state index in [-0.39, 0.29) is 47.2 Å². The summed E-state index contributed by atoms with van der Waals surface area (Å²) in [4.78, 5) is 35.4. The molecule has 12 heteroatoms. The van der Waals surface area contributed by atoms with Crippen molar-refractivity contribution < 1.29 is 39.2 Å². The Morgan fingerprint density at radius 2 is 2.03 bits per heavy atom. The SMILES string of the molecule is CC(=O)O.C[C@@H](O)[C@H]1C(=O)N2C(C(=O)O)=C(S[C@@H]3CN[C@H](C4OCC(CN)O4)C3)[C@H](C)[C@H]12. The third-order valence-electron chi connectivity index (χ3n) is 6.09. The number of amides is 1. The minimum atomic E-state index is -1.09. The van der Waals surface area contributed by atoms with E-state index >= 15 is 0 Å². The zero-order valence-electron chi connectivity index (χ0n) is 18.3. The Morgan fingerprint density at radius 1 is 1.38 bits per heavy atom. The third-order valence-corrected chi connectivity index (χ3v) is 7.61. The maximum Gasteiger partial charge on any atom is 0.353 e. The predicted octanol–water partition coefficient (Wildman–Crippen LogP) is -0.605. The van der Waals surface area contributed by atoms with E-state index in [1.807, 2.05) is 6.92 Å². The molecule has 0 aromatic heterocycles. The number of carboxylic acids is 2. The first-order valence-electron chi connectivity index (χ1n) is 10.6. The molecule has 0 aromatic carbocycles. The molecule has 0 radical (unpaired) electrons. The second-order valence-corrected chi connectivity index (χ2v) is 9.82. The van der Waals surface area contributed by atoms with Crippen molar-refractivity contribution in [2.75, 3.05) is 19.7 Å². The van der Waals surface area contributed by atoms with Gasteiger partial charge >= 0.3 is 5.97 Å². The first-order chi connectivity index (χ1) is 15.1. The van der Waals surface area contributed by atoms with Crippen LogP contribution in [-0.4, -0.2) is 93.6 Å². The zero-order valence-corrected chi connectivity index (χ0v) is 19.1. The molecule has 0 aromatic rings. The molecule has 4 rings (SSSR count). The molecule has 4 heterocycles. The number of fused-ring (bicyclic) bond motifs is 1. The number of ether oxygens (including phenoxy) is 2. The normalized spacial score (nSPS) is 37.0. The highest BCUT2D eigenvalue weighted by Crippen LogP contribution is 2.51. The van der Waals surface area contributed by atoms with Gasteiger partial charge in [-0.1, -0.05) is 6.92 Å². The average Bonchev–Trinajstić information content (AvgIpc) is 3.39. The van der Waals surface area contributed by atoms with E-state index in [1.165, 1.54) is 16.7 Å². The Balaban J connectivity index is 0.000000668. The lowest BCUT2D eigenvalue weighted by Crippen LogP contribution is -2.63. The van der Waals surface area contributed by atoms with Crippen LogP contribution in [0.3, 0.4) is 0 Å². The van der Waals surface area contributed by atoms with Gasteiger partial charge in [0.15, 0.2) is 6.29 Å². The fraction of sp³-hybridized carbons (Fsp3) is 0.750. The van der Waals surface area contributed by atoms with Crippen molar-refractivity contribution in [3.8, 4) is 0 Å². The molecular weight excluding hydrogens is 442 g/mol. The standard InChI is InChI=1S/C18H27N3O6S.C2H4O2/c1-7-13-12(8(2)22)16(23)21(13)14(17(24)25)15(7)28-10-3-11(20-5-10)18-26-6-9(4-19)27-18;1-2(3)4/h7-13,18,20,22H,3-6,19H2,1-2H3,(H,24,25);1H3,(H,3,4)/t7-,8-,9?,10+,11+,12-,13-,18?;/m1./s1. The number of carboxylic acid groups (broad SMARTS) is 2. The summed E-state index contributed by atoms with van der Waals surface area (Å²) >= 11 is 1.52. The van der Waals surface area contributed by atoms with Gasteiger partial charge in [0.25, 0.3) is 5.97 Å². The van der Waals surface area contributed by atoms with Gasteiger partial charge in [0.2, 0.25) is 5.91 Å². The van der Waals surface area contributed by atoms with E-state index in [9.17, 15) is 19.8 Å². The van der Waals surface area contributed by atoms with Crippen LogP contribution in [0.5, 0.6) is 0 Å². The van der Waals surface area contributed by atoms with Gasteiger partial charge < -0.3 is 40.7 Å². The Hall–Kier alpha value is -1.70. The lowest BCUT2D eigenvalue weighted by molar-refractivity contribution is -0.163. The van der Waals surface area contributed by atoms with Gasteiger partial charge in [0, 0.05) is 36.1 Å². The average molecular weight is 474 g/mol. The van der Waals surface area contributed by atoms with Crippen LogP contribution in [0.15, 0.2) is 10.6 Å². The molecule has 180 valence electrons. The number of hydrogen-bond acceptors (Lipinski definition) is 9. The number of carbonyl (C=O) groups excluding carboxylic acids is 1. The van der Waals surface area contributed by atoms with E-state index in [4.69, 9.17) is 25.1 Å². The molecule has 4 aliphatic heterocycles. The minimum absolute atomic E-state index is 0.0310. The summed E-state index contributed by atoms with van der Waals surface area (Å²) in [7, 11) is 0. The van der Waals surface area contributed by atoms with Crippen LogP contribution in [0.1, 0.15) is 27.2 Å². The molecule has 4 aliphatic rings. The van der Waals surface area contributed by atoms with Crippen molar-refractivity contribution in [2.45, 2.75) is 63.0 Å². The van der Waals surface area contributed by atoms with E-state index in [1.54, 1.807) is 6.92 Å². The highest BCUT2D eigenvalue weighted by molar-refractivity contribution is 8.03. The zero-order chi connectivity index (χ0) is 23.7. The Kier molecular flexibility index (Phi) is 7.84. The molecule has 3 fully saturated rings. The quantitative estimate of drug-likeness (QED) is 0.312. The van der Waals surface area contributed by atoms with Crippen molar-refractivity contribution >= 4 is 29.6 Å². The maximum absolute atomic E-state index is 12.4. The predicted molar refractivity (Wildman–Crippen MR) is 114 cm³/mol. The molecule has 2 unspecified atom stereocenters. The summed E-state index contributed by atoms with van der Waals surface area (Å²) in [6.45, 7) is 6.21. The van der Waals surface area contributed by atoms with Gasteiger partial charge in [-0.25, -0.2) is 4.79 Å². The number of carbonyl (C=O) groups is 3. The van der Waals surface area contributed by atoms with Gasteiger partial charge in [-0.3, -0.25) is 9.59 Å². The molecule has 6 N–H and O–H groups in total. The molecule has 8 atom stereocenters. The topological polar surface area (TPSA) is 172 Å². The lowest BCUT2D eigenvalue weighted by Gasteiger charge is -2.46. The van der Waals surface area contributed by atoms with E-state index in [0.717, 1.165) is 18.2 Å². The number of β-lactam (4-membered cyclic amide) rings is 1. The molecule has 11 nitrogen and oxygen atoms in total. The van der Waals surface area contributed by atoms with Crippen LogP contribution in [-0.2, 0) is 23.9 Å².